The molecule has 1 aromatic rings. The number of hydrogen-bond donors (Lipinski definition) is 1. The van der Waals surface area contributed by atoms with E-state index in [0.29, 0.717) is 12.6 Å². The van der Waals surface area contributed by atoms with Gasteiger partial charge in [0.2, 0.25) is 11.8 Å². The Hall–Kier alpha value is -1.14. The summed E-state index contributed by atoms with van der Waals surface area (Å²) in [5, 5.41) is 3.52. The summed E-state index contributed by atoms with van der Waals surface area (Å²) in [4.78, 5) is 30.4. The summed E-state index contributed by atoms with van der Waals surface area (Å²) in [5.74, 6) is 0.104. The number of amides is 2. The molecule has 2 aliphatic heterocycles. The number of carbonyl (C=O) groups is 2. The fourth-order valence-electron chi connectivity index (χ4n) is 5.83. The Morgan fingerprint density at radius 2 is 1.81 bits per heavy atom. The van der Waals surface area contributed by atoms with Gasteiger partial charge in [-0.05, 0) is 42.7 Å². The average Bonchev–Trinajstić information content (AvgIpc) is 2.89. The summed E-state index contributed by atoms with van der Waals surface area (Å²) >= 11 is 0. The predicted molar refractivity (Wildman–Crippen MR) is 129 cm³/mol. The monoisotopic (exact) mass is 469 g/mol. The van der Waals surface area contributed by atoms with Crippen LogP contribution in [-0.4, -0.2) is 54.3 Å². The highest BCUT2D eigenvalue weighted by atomic mass is 35.5. The Balaban J connectivity index is 0.00000171. The first kappa shape index (κ1) is 26.1. The summed E-state index contributed by atoms with van der Waals surface area (Å²) in [7, 11) is 0. The van der Waals surface area contributed by atoms with Gasteiger partial charge in [-0.3, -0.25) is 19.4 Å². The van der Waals surface area contributed by atoms with Crippen LogP contribution >= 0.6 is 24.8 Å². The lowest BCUT2D eigenvalue weighted by molar-refractivity contribution is -0.167. The molecule has 7 heteroatoms. The molecular weight excluding hydrogens is 433 g/mol. The van der Waals surface area contributed by atoms with Crippen molar-refractivity contribution in [3.05, 3.63) is 35.4 Å². The minimum Gasteiger partial charge on any atom is -0.314 e. The molecule has 1 N–H and O–H groups in total. The molecule has 0 aromatic heterocycles. The van der Waals surface area contributed by atoms with E-state index in [2.05, 4.69) is 62.2 Å². The van der Waals surface area contributed by atoms with Crippen molar-refractivity contribution in [2.75, 3.05) is 32.7 Å². The van der Waals surface area contributed by atoms with Crippen LogP contribution in [0.1, 0.15) is 57.2 Å². The number of nitrogens with one attached hydrogen (secondary N) is 1. The first-order valence-electron chi connectivity index (χ1n) is 11.1. The number of fused-ring (bicyclic) bond motifs is 2. The molecule has 3 unspecified atom stereocenters. The minimum atomic E-state index is -0.399. The Morgan fingerprint density at radius 1 is 1.10 bits per heavy atom. The van der Waals surface area contributed by atoms with Crippen molar-refractivity contribution in [1.29, 1.82) is 0 Å². The maximum Gasteiger partial charge on any atom is 0.235 e. The number of nitrogens with zero attached hydrogens (tertiary/aromatic N) is 2. The molecule has 0 spiro atoms. The second kappa shape index (κ2) is 9.78. The van der Waals surface area contributed by atoms with Crippen LogP contribution in [0.15, 0.2) is 24.3 Å². The molecule has 3 aliphatic rings. The molecule has 174 valence electrons. The van der Waals surface area contributed by atoms with Gasteiger partial charge in [0.15, 0.2) is 0 Å². The molecule has 2 amide bonds. The van der Waals surface area contributed by atoms with Gasteiger partial charge >= 0.3 is 0 Å². The van der Waals surface area contributed by atoms with Crippen molar-refractivity contribution < 1.29 is 9.59 Å². The van der Waals surface area contributed by atoms with Crippen molar-refractivity contribution in [3.8, 4) is 0 Å². The van der Waals surface area contributed by atoms with Crippen LogP contribution in [0.25, 0.3) is 0 Å². The van der Waals surface area contributed by atoms with Crippen LogP contribution in [0.2, 0.25) is 0 Å². The molecule has 1 aromatic carbocycles. The molecule has 1 aliphatic carbocycles. The van der Waals surface area contributed by atoms with Gasteiger partial charge in [0, 0.05) is 44.7 Å². The first-order chi connectivity index (χ1) is 13.8. The summed E-state index contributed by atoms with van der Waals surface area (Å²) in [6.45, 7) is 12.8. The minimum absolute atomic E-state index is 0. The molecule has 2 heterocycles. The molecule has 0 radical (unpaired) electrons. The van der Waals surface area contributed by atoms with Gasteiger partial charge in [0.1, 0.15) is 0 Å². The van der Waals surface area contributed by atoms with E-state index < -0.39 is 5.41 Å². The van der Waals surface area contributed by atoms with Crippen LogP contribution in [0.3, 0.4) is 0 Å². The van der Waals surface area contributed by atoms with Crippen LogP contribution in [0.5, 0.6) is 0 Å². The standard InChI is InChI=1S/C24H35N3O2.2ClH/c1-17-8-5-6-9-18(17)20-16-25-12-15-26(20)13-7-14-27-21(28)19-10-11-24(4,22(27)29)23(19,2)3;;/h5-6,8-9,19-20,25H,7,10-16H2,1-4H3;2*1H. The zero-order chi connectivity index (χ0) is 20.8. The summed E-state index contributed by atoms with van der Waals surface area (Å²) in [6, 6.07) is 8.94. The molecule has 4 rings (SSSR count). The SMILES string of the molecule is Cc1ccccc1C1CNCCN1CCCN1C(=O)C2CCC(C)(C1=O)C2(C)C.Cl.Cl. The van der Waals surface area contributed by atoms with Crippen molar-refractivity contribution >= 4 is 36.6 Å². The van der Waals surface area contributed by atoms with E-state index >= 15 is 0 Å². The fraction of sp³-hybridized carbons (Fsp3) is 0.667. The highest BCUT2D eigenvalue weighted by Crippen LogP contribution is 2.60. The maximum absolute atomic E-state index is 13.2. The van der Waals surface area contributed by atoms with Gasteiger partial charge in [-0.1, -0.05) is 45.0 Å². The van der Waals surface area contributed by atoms with E-state index in [1.54, 1.807) is 4.90 Å². The lowest BCUT2D eigenvalue weighted by Gasteiger charge is -2.48. The Bertz CT molecular complexity index is 816. The number of piperazine rings is 1. The molecule has 5 nitrogen and oxygen atoms in total. The van der Waals surface area contributed by atoms with Crippen molar-refractivity contribution in [2.24, 2.45) is 16.7 Å². The average molecular weight is 470 g/mol. The third-order valence-corrected chi connectivity index (χ3v) is 8.24. The summed E-state index contributed by atoms with van der Waals surface area (Å²) < 4.78 is 0. The smallest absolute Gasteiger partial charge is 0.235 e. The second-order valence-electron chi connectivity index (χ2n) is 9.91. The topological polar surface area (TPSA) is 52.6 Å². The van der Waals surface area contributed by atoms with Crippen molar-refractivity contribution in [1.82, 2.24) is 15.1 Å². The van der Waals surface area contributed by atoms with Crippen LogP contribution in [-0.2, 0) is 9.59 Å². The van der Waals surface area contributed by atoms with Crippen LogP contribution in [0, 0.1) is 23.7 Å². The highest BCUT2D eigenvalue weighted by molar-refractivity contribution is 6.03. The summed E-state index contributed by atoms with van der Waals surface area (Å²) in [5.41, 5.74) is 2.06. The van der Waals surface area contributed by atoms with Gasteiger partial charge < -0.3 is 5.32 Å². The third kappa shape index (κ3) is 4.27. The number of piperidine rings is 1. The first-order valence-corrected chi connectivity index (χ1v) is 11.1. The Kier molecular flexibility index (Phi) is 8.24. The van der Waals surface area contributed by atoms with Crippen LogP contribution in [0.4, 0.5) is 0 Å². The Morgan fingerprint density at radius 3 is 2.52 bits per heavy atom. The lowest BCUT2D eigenvalue weighted by atomic mass is 9.62. The predicted octanol–water partition coefficient (Wildman–Crippen LogP) is 3.99. The molecule has 2 saturated heterocycles. The van der Waals surface area contributed by atoms with Crippen molar-refractivity contribution in [2.45, 2.75) is 53.0 Å². The number of benzene rings is 1. The van der Waals surface area contributed by atoms with Gasteiger partial charge in [-0.25, -0.2) is 0 Å². The number of hydrogen-bond acceptors (Lipinski definition) is 4. The van der Waals surface area contributed by atoms with Gasteiger partial charge in [0.05, 0.1) is 5.41 Å². The normalized spacial score (nSPS) is 30.0. The summed E-state index contributed by atoms with van der Waals surface area (Å²) in [6.07, 6.45) is 2.51. The van der Waals surface area contributed by atoms with E-state index in [9.17, 15) is 9.59 Å². The zero-order valence-electron chi connectivity index (χ0n) is 19.1. The van der Waals surface area contributed by atoms with Crippen LogP contribution < -0.4 is 5.32 Å². The number of rotatable bonds is 5. The number of imide groups is 1. The van der Waals surface area contributed by atoms with Gasteiger partial charge in [-0.15, -0.1) is 24.8 Å². The highest BCUT2D eigenvalue weighted by Gasteiger charge is 2.64. The zero-order valence-corrected chi connectivity index (χ0v) is 20.8. The lowest BCUT2D eigenvalue weighted by Crippen LogP contribution is -2.59. The van der Waals surface area contributed by atoms with Gasteiger partial charge in [-0.2, -0.15) is 0 Å². The molecule has 3 fully saturated rings. The fourth-order valence-corrected chi connectivity index (χ4v) is 5.83. The molecule has 2 bridgehead atoms. The van der Waals surface area contributed by atoms with E-state index in [4.69, 9.17) is 0 Å². The second-order valence-corrected chi connectivity index (χ2v) is 9.91. The number of likely N-dealkylation sites (tertiary alicyclic amines) is 1. The third-order valence-electron chi connectivity index (χ3n) is 8.24. The quantitative estimate of drug-likeness (QED) is 0.662. The molecule has 31 heavy (non-hydrogen) atoms. The van der Waals surface area contributed by atoms with E-state index in [0.717, 1.165) is 45.4 Å². The molecule has 1 saturated carbocycles. The largest absolute Gasteiger partial charge is 0.314 e. The van der Waals surface area contributed by atoms with E-state index in [1.807, 2.05) is 0 Å². The molecular formula is C24H37Cl2N3O2. The van der Waals surface area contributed by atoms with E-state index in [-0.39, 0.29) is 48.0 Å². The Labute approximate surface area is 199 Å². The number of aryl methyl sites for hydroxylation is 1. The number of halogens is 2. The van der Waals surface area contributed by atoms with Crippen molar-refractivity contribution in [3.63, 3.8) is 0 Å². The molecule has 3 atom stereocenters. The maximum atomic E-state index is 13.2. The number of carbonyl (C=O) groups excluding carboxylic acids is 2. The van der Waals surface area contributed by atoms with Gasteiger partial charge in [0.25, 0.3) is 0 Å². The van der Waals surface area contributed by atoms with E-state index in [1.165, 1.54) is 11.1 Å².